The summed E-state index contributed by atoms with van der Waals surface area (Å²) in [6.07, 6.45) is 1.77. The molecule has 0 nitrogen and oxygen atoms in total. The van der Waals surface area contributed by atoms with Gasteiger partial charge in [-0.3, -0.25) is 4.39 Å². The number of hydrogen-bond donors (Lipinski definition) is 0. The Hall–Kier alpha value is -0.380. The molecule has 0 heterocycles. The SMILES string of the molecule is C=Cc1cc(I)cc([C](C)CF)c1. The predicted molar refractivity (Wildman–Crippen MR) is 63.2 cm³/mol. The molecule has 0 spiro atoms. The van der Waals surface area contributed by atoms with Crippen molar-refractivity contribution in [3.63, 3.8) is 0 Å². The van der Waals surface area contributed by atoms with E-state index in [0.717, 1.165) is 20.6 Å². The molecule has 0 bridgehead atoms. The van der Waals surface area contributed by atoms with Crippen LogP contribution in [0.4, 0.5) is 4.39 Å². The fourth-order valence-electron chi connectivity index (χ4n) is 1.05. The van der Waals surface area contributed by atoms with Gasteiger partial charge in [-0.25, -0.2) is 0 Å². The average Bonchev–Trinajstić information content (AvgIpc) is 2.15. The minimum Gasteiger partial charge on any atom is -0.250 e. The lowest BCUT2D eigenvalue weighted by atomic mass is 10.0. The van der Waals surface area contributed by atoms with Crippen molar-refractivity contribution in [2.24, 2.45) is 0 Å². The Morgan fingerprint density at radius 2 is 2.23 bits per heavy atom. The summed E-state index contributed by atoms with van der Waals surface area (Å²) >= 11 is 2.22. The first kappa shape index (κ1) is 10.7. The first-order chi connectivity index (χ1) is 6.17. The summed E-state index contributed by atoms with van der Waals surface area (Å²) in [5.74, 6) is 0.765. The van der Waals surface area contributed by atoms with Gasteiger partial charge in [0.2, 0.25) is 0 Å². The van der Waals surface area contributed by atoms with E-state index in [4.69, 9.17) is 0 Å². The molecule has 0 atom stereocenters. The molecule has 0 aromatic heterocycles. The molecule has 0 aliphatic rings. The van der Waals surface area contributed by atoms with Crippen LogP contribution < -0.4 is 0 Å². The molecule has 1 rings (SSSR count). The summed E-state index contributed by atoms with van der Waals surface area (Å²) < 4.78 is 13.5. The Balaban J connectivity index is 3.07. The molecular formula is C11H11FI. The largest absolute Gasteiger partial charge is 0.250 e. The fourth-order valence-corrected chi connectivity index (χ4v) is 1.75. The normalized spacial score (nSPS) is 10.5. The predicted octanol–water partition coefficient (Wildman–Crippen LogP) is 3.85. The van der Waals surface area contributed by atoms with E-state index in [1.54, 1.807) is 13.0 Å². The quantitative estimate of drug-likeness (QED) is 0.741. The van der Waals surface area contributed by atoms with Crippen molar-refractivity contribution in [2.45, 2.75) is 6.92 Å². The zero-order valence-corrected chi connectivity index (χ0v) is 9.64. The fraction of sp³-hybridized carbons (Fsp3) is 0.182. The van der Waals surface area contributed by atoms with Gasteiger partial charge in [-0.15, -0.1) is 0 Å². The van der Waals surface area contributed by atoms with Crippen LogP contribution in [0.15, 0.2) is 24.8 Å². The molecule has 13 heavy (non-hydrogen) atoms. The molecule has 0 saturated carbocycles. The van der Waals surface area contributed by atoms with Gasteiger partial charge in [0.15, 0.2) is 0 Å². The van der Waals surface area contributed by atoms with Crippen molar-refractivity contribution in [3.8, 4) is 0 Å². The molecule has 0 fully saturated rings. The summed E-state index contributed by atoms with van der Waals surface area (Å²) in [5, 5.41) is 0. The summed E-state index contributed by atoms with van der Waals surface area (Å²) in [6.45, 7) is 5.10. The second-order valence-corrected chi connectivity index (χ2v) is 4.14. The van der Waals surface area contributed by atoms with Gasteiger partial charge in [0, 0.05) is 9.49 Å². The Morgan fingerprint density at radius 3 is 2.77 bits per heavy atom. The first-order valence-corrected chi connectivity index (χ1v) is 5.07. The lowest BCUT2D eigenvalue weighted by molar-refractivity contribution is 0.516. The van der Waals surface area contributed by atoms with E-state index in [0.29, 0.717) is 0 Å². The van der Waals surface area contributed by atoms with Crippen LogP contribution in [0.25, 0.3) is 6.08 Å². The summed E-state index contributed by atoms with van der Waals surface area (Å²) in [5.41, 5.74) is 2.00. The highest BCUT2D eigenvalue weighted by molar-refractivity contribution is 14.1. The number of hydrogen-bond acceptors (Lipinski definition) is 0. The molecule has 1 radical (unpaired) electrons. The van der Waals surface area contributed by atoms with Crippen LogP contribution in [0.5, 0.6) is 0 Å². The smallest absolute Gasteiger partial charge is 0.0997 e. The van der Waals surface area contributed by atoms with Crippen LogP contribution >= 0.6 is 22.6 Å². The topological polar surface area (TPSA) is 0 Å². The lowest BCUT2D eigenvalue weighted by Crippen LogP contribution is -1.97. The number of benzene rings is 1. The molecule has 2 heteroatoms. The molecule has 69 valence electrons. The highest BCUT2D eigenvalue weighted by atomic mass is 127. The molecule has 1 aromatic rings. The molecular weight excluding hydrogens is 278 g/mol. The van der Waals surface area contributed by atoms with Gasteiger partial charge in [0.1, 0.15) is 0 Å². The minimum atomic E-state index is -0.392. The highest BCUT2D eigenvalue weighted by Crippen LogP contribution is 2.20. The van der Waals surface area contributed by atoms with E-state index in [-0.39, 0.29) is 0 Å². The van der Waals surface area contributed by atoms with Crippen LogP contribution in [0.3, 0.4) is 0 Å². The standard InChI is InChI=1S/C11H11FI/c1-3-9-4-10(8(2)7-12)6-11(13)5-9/h3-6H,1,7H2,2H3. The zero-order valence-electron chi connectivity index (χ0n) is 7.48. The molecule has 0 unspecified atom stereocenters. The first-order valence-electron chi connectivity index (χ1n) is 3.99. The van der Waals surface area contributed by atoms with E-state index in [1.807, 2.05) is 18.2 Å². The zero-order chi connectivity index (χ0) is 9.84. The van der Waals surface area contributed by atoms with Crippen LogP contribution in [0.2, 0.25) is 0 Å². The molecule has 0 N–H and O–H groups in total. The third kappa shape index (κ3) is 2.79. The van der Waals surface area contributed by atoms with Crippen molar-refractivity contribution in [3.05, 3.63) is 45.4 Å². The Labute approximate surface area is 92.0 Å². The summed E-state index contributed by atoms with van der Waals surface area (Å²) in [7, 11) is 0. The molecule has 0 saturated heterocycles. The second kappa shape index (κ2) is 4.74. The van der Waals surface area contributed by atoms with Crippen molar-refractivity contribution < 1.29 is 4.39 Å². The third-order valence-electron chi connectivity index (χ3n) is 1.85. The summed E-state index contributed by atoms with van der Waals surface area (Å²) in [4.78, 5) is 0. The van der Waals surface area contributed by atoms with Gasteiger partial charge in [-0.1, -0.05) is 25.6 Å². The Morgan fingerprint density at radius 1 is 1.54 bits per heavy atom. The number of rotatable bonds is 3. The van der Waals surface area contributed by atoms with Crippen LogP contribution in [0, 0.1) is 9.49 Å². The van der Waals surface area contributed by atoms with Gasteiger partial charge >= 0.3 is 0 Å². The maximum atomic E-state index is 12.4. The van der Waals surface area contributed by atoms with Crippen molar-refractivity contribution >= 4 is 28.7 Å². The molecule has 0 aliphatic carbocycles. The van der Waals surface area contributed by atoms with E-state index < -0.39 is 6.67 Å². The molecule has 1 aromatic carbocycles. The minimum absolute atomic E-state index is 0.392. The van der Waals surface area contributed by atoms with Crippen molar-refractivity contribution in [1.29, 1.82) is 0 Å². The van der Waals surface area contributed by atoms with Gasteiger partial charge in [0.05, 0.1) is 6.67 Å². The summed E-state index contributed by atoms with van der Waals surface area (Å²) in [6, 6.07) is 5.94. The second-order valence-electron chi connectivity index (χ2n) is 2.89. The molecule has 0 aliphatic heterocycles. The van der Waals surface area contributed by atoms with Crippen LogP contribution in [0.1, 0.15) is 18.1 Å². The maximum absolute atomic E-state index is 12.4. The van der Waals surface area contributed by atoms with Crippen LogP contribution in [-0.2, 0) is 0 Å². The van der Waals surface area contributed by atoms with Gasteiger partial charge in [-0.05, 0) is 45.9 Å². The molecule has 0 amide bonds. The van der Waals surface area contributed by atoms with E-state index in [1.165, 1.54) is 0 Å². The van der Waals surface area contributed by atoms with Gasteiger partial charge in [0.25, 0.3) is 0 Å². The van der Waals surface area contributed by atoms with Crippen LogP contribution in [-0.4, -0.2) is 6.67 Å². The maximum Gasteiger partial charge on any atom is 0.0997 e. The van der Waals surface area contributed by atoms with E-state index in [2.05, 4.69) is 29.2 Å². The van der Waals surface area contributed by atoms with E-state index in [9.17, 15) is 4.39 Å². The average molecular weight is 289 g/mol. The lowest BCUT2D eigenvalue weighted by Gasteiger charge is -2.08. The van der Waals surface area contributed by atoms with Crippen molar-refractivity contribution in [1.82, 2.24) is 0 Å². The highest BCUT2D eigenvalue weighted by Gasteiger charge is 2.06. The van der Waals surface area contributed by atoms with Crippen molar-refractivity contribution in [2.75, 3.05) is 6.67 Å². The third-order valence-corrected chi connectivity index (χ3v) is 2.47. The number of halogens is 2. The monoisotopic (exact) mass is 289 g/mol. The van der Waals surface area contributed by atoms with Gasteiger partial charge < -0.3 is 0 Å². The van der Waals surface area contributed by atoms with Gasteiger partial charge in [-0.2, -0.15) is 0 Å². The van der Waals surface area contributed by atoms with E-state index >= 15 is 0 Å². The Bertz CT molecular complexity index is 307. The number of alkyl halides is 1. The Kier molecular flexibility index (Phi) is 3.90.